The average Bonchev–Trinajstić information content (AvgIpc) is 2.17. The van der Waals surface area contributed by atoms with Gasteiger partial charge >= 0.3 is 0 Å². The molecule has 0 aliphatic heterocycles. The molecular weight excluding hydrogens is 188 g/mol. The second kappa shape index (κ2) is 5.39. The molecule has 1 rings (SSSR count). The van der Waals surface area contributed by atoms with E-state index in [0.717, 1.165) is 17.7 Å². The summed E-state index contributed by atoms with van der Waals surface area (Å²) in [6, 6.07) is 6.15. The van der Waals surface area contributed by atoms with Crippen molar-refractivity contribution in [1.29, 1.82) is 5.41 Å². The monoisotopic (exact) mass is 206 g/mol. The third kappa shape index (κ3) is 4.02. The maximum Gasteiger partial charge on any atom is 0.122 e. The SMILES string of the molecule is Cc1ccc(C)c(OCCCC(=N)N)c1. The Morgan fingerprint density at radius 3 is 2.80 bits per heavy atom. The van der Waals surface area contributed by atoms with E-state index in [1.54, 1.807) is 0 Å². The molecule has 0 atom stereocenters. The first-order chi connectivity index (χ1) is 7.09. The van der Waals surface area contributed by atoms with Gasteiger partial charge in [0.05, 0.1) is 12.4 Å². The van der Waals surface area contributed by atoms with Gasteiger partial charge in [0.1, 0.15) is 5.75 Å². The minimum atomic E-state index is 0.222. The van der Waals surface area contributed by atoms with Crippen molar-refractivity contribution in [3.8, 4) is 5.75 Å². The number of ether oxygens (including phenoxy) is 1. The zero-order valence-electron chi connectivity index (χ0n) is 9.34. The molecule has 0 aliphatic rings. The van der Waals surface area contributed by atoms with Crippen LogP contribution in [-0.4, -0.2) is 12.4 Å². The van der Waals surface area contributed by atoms with Crippen molar-refractivity contribution in [2.45, 2.75) is 26.7 Å². The topological polar surface area (TPSA) is 59.1 Å². The van der Waals surface area contributed by atoms with Gasteiger partial charge in [-0.25, -0.2) is 0 Å². The average molecular weight is 206 g/mol. The number of amidine groups is 1. The molecule has 0 aromatic heterocycles. The number of nitrogens with two attached hydrogens (primary N) is 1. The largest absolute Gasteiger partial charge is 0.493 e. The van der Waals surface area contributed by atoms with Gasteiger partial charge < -0.3 is 10.5 Å². The summed E-state index contributed by atoms with van der Waals surface area (Å²) in [6.45, 7) is 4.69. The van der Waals surface area contributed by atoms with E-state index in [0.29, 0.717) is 13.0 Å². The van der Waals surface area contributed by atoms with E-state index in [4.69, 9.17) is 15.9 Å². The number of rotatable bonds is 5. The zero-order valence-corrected chi connectivity index (χ0v) is 9.34. The Balaban J connectivity index is 2.43. The van der Waals surface area contributed by atoms with Gasteiger partial charge in [-0.2, -0.15) is 0 Å². The van der Waals surface area contributed by atoms with Gasteiger partial charge in [-0.05, 0) is 37.5 Å². The van der Waals surface area contributed by atoms with E-state index in [9.17, 15) is 0 Å². The summed E-state index contributed by atoms with van der Waals surface area (Å²) >= 11 is 0. The maximum absolute atomic E-state index is 7.08. The summed E-state index contributed by atoms with van der Waals surface area (Å²) in [5, 5.41) is 7.08. The van der Waals surface area contributed by atoms with Crippen LogP contribution in [0, 0.1) is 19.3 Å². The van der Waals surface area contributed by atoms with Crippen molar-refractivity contribution >= 4 is 5.84 Å². The molecule has 3 nitrogen and oxygen atoms in total. The van der Waals surface area contributed by atoms with Gasteiger partial charge in [0, 0.05) is 6.42 Å². The molecule has 0 saturated carbocycles. The van der Waals surface area contributed by atoms with Crippen LogP contribution in [0.4, 0.5) is 0 Å². The van der Waals surface area contributed by atoms with E-state index < -0.39 is 0 Å². The third-order valence-corrected chi connectivity index (χ3v) is 2.19. The first kappa shape index (κ1) is 11.6. The Labute approximate surface area is 90.8 Å². The summed E-state index contributed by atoms with van der Waals surface area (Å²) in [7, 11) is 0. The van der Waals surface area contributed by atoms with Crippen LogP contribution in [0.2, 0.25) is 0 Å². The summed E-state index contributed by atoms with van der Waals surface area (Å²) < 4.78 is 5.62. The quantitative estimate of drug-likeness (QED) is 0.441. The Morgan fingerprint density at radius 2 is 2.13 bits per heavy atom. The lowest BCUT2D eigenvalue weighted by Crippen LogP contribution is -2.11. The van der Waals surface area contributed by atoms with Crippen LogP contribution in [0.25, 0.3) is 0 Å². The van der Waals surface area contributed by atoms with Crippen LogP contribution in [0.5, 0.6) is 5.75 Å². The lowest BCUT2D eigenvalue weighted by Gasteiger charge is -2.09. The number of aryl methyl sites for hydroxylation is 2. The highest BCUT2D eigenvalue weighted by atomic mass is 16.5. The molecule has 0 unspecified atom stereocenters. The van der Waals surface area contributed by atoms with Crippen LogP contribution in [-0.2, 0) is 0 Å². The molecular formula is C12H18N2O. The molecule has 0 aliphatic carbocycles. The molecule has 3 heteroatoms. The molecule has 0 spiro atoms. The van der Waals surface area contributed by atoms with Crippen molar-refractivity contribution in [2.24, 2.45) is 5.73 Å². The molecule has 0 heterocycles. The van der Waals surface area contributed by atoms with E-state index in [1.807, 2.05) is 19.9 Å². The van der Waals surface area contributed by atoms with Crippen LogP contribution >= 0.6 is 0 Å². The summed E-state index contributed by atoms with van der Waals surface area (Å²) in [6.07, 6.45) is 1.40. The van der Waals surface area contributed by atoms with Crippen molar-refractivity contribution in [3.05, 3.63) is 29.3 Å². The van der Waals surface area contributed by atoms with Crippen LogP contribution in [0.15, 0.2) is 18.2 Å². The highest BCUT2D eigenvalue weighted by Gasteiger charge is 1.99. The first-order valence-electron chi connectivity index (χ1n) is 5.12. The second-order valence-corrected chi connectivity index (χ2v) is 3.75. The normalized spacial score (nSPS) is 10.0. The van der Waals surface area contributed by atoms with Crippen molar-refractivity contribution < 1.29 is 4.74 Å². The lowest BCUT2D eigenvalue weighted by atomic mass is 10.1. The molecule has 1 aromatic carbocycles. The predicted molar refractivity (Wildman–Crippen MR) is 62.6 cm³/mol. The molecule has 82 valence electrons. The van der Waals surface area contributed by atoms with E-state index in [2.05, 4.69) is 12.1 Å². The van der Waals surface area contributed by atoms with Gasteiger partial charge in [-0.1, -0.05) is 12.1 Å². The highest BCUT2D eigenvalue weighted by molar-refractivity contribution is 5.76. The van der Waals surface area contributed by atoms with Crippen LogP contribution in [0.1, 0.15) is 24.0 Å². The fourth-order valence-electron chi connectivity index (χ4n) is 1.31. The summed E-state index contributed by atoms with van der Waals surface area (Å²) in [5.74, 6) is 1.15. The highest BCUT2D eigenvalue weighted by Crippen LogP contribution is 2.19. The van der Waals surface area contributed by atoms with Crippen molar-refractivity contribution in [3.63, 3.8) is 0 Å². The van der Waals surface area contributed by atoms with Crippen molar-refractivity contribution in [1.82, 2.24) is 0 Å². The second-order valence-electron chi connectivity index (χ2n) is 3.75. The standard InChI is InChI=1S/C12H18N2O/c1-9-5-6-10(2)11(8-9)15-7-3-4-12(13)14/h5-6,8H,3-4,7H2,1-2H3,(H3,13,14). The molecule has 0 amide bonds. The lowest BCUT2D eigenvalue weighted by molar-refractivity contribution is 0.311. The van der Waals surface area contributed by atoms with Gasteiger partial charge in [-0.15, -0.1) is 0 Å². The van der Waals surface area contributed by atoms with E-state index in [-0.39, 0.29) is 5.84 Å². The van der Waals surface area contributed by atoms with Crippen LogP contribution in [0.3, 0.4) is 0 Å². The number of hydrogen-bond acceptors (Lipinski definition) is 2. The molecule has 3 N–H and O–H groups in total. The molecule has 1 aromatic rings. The molecule has 0 saturated heterocycles. The first-order valence-corrected chi connectivity index (χ1v) is 5.12. The number of nitrogens with one attached hydrogen (secondary N) is 1. The summed E-state index contributed by atoms with van der Waals surface area (Å²) in [5.41, 5.74) is 7.59. The zero-order chi connectivity index (χ0) is 11.3. The molecule has 0 bridgehead atoms. The van der Waals surface area contributed by atoms with Gasteiger partial charge in [0.25, 0.3) is 0 Å². The fourth-order valence-corrected chi connectivity index (χ4v) is 1.31. The Morgan fingerprint density at radius 1 is 1.40 bits per heavy atom. The minimum absolute atomic E-state index is 0.222. The molecule has 0 radical (unpaired) electrons. The van der Waals surface area contributed by atoms with Gasteiger partial charge in [0.2, 0.25) is 0 Å². The molecule has 0 fully saturated rings. The number of hydrogen-bond donors (Lipinski definition) is 2. The van der Waals surface area contributed by atoms with Gasteiger partial charge in [-0.3, -0.25) is 5.41 Å². The van der Waals surface area contributed by atoms with E-state index in [1.165, 1.54) is 5.56 Å². The summed E-state index contributed by atoms with van der Waals surface area (Å²) in [4.78, 5) is 0. The third-order valence-electron chi connectivity index (χ3n) is 2.19. The van der Waals surface area contributed by atoms with Crippen LogP contribution < -0.4 is 10.5 Å². The fraction of sp³-hybridized carbons (Fsp3) is 0.417. The predicted octanol–water partition coefficient (Wildman–Crippen LogP) is 2.40. The maximum atomic E-state index is 7.08. The Bertz CT molecular complexity index is 347. The van der Waals surface area contributed by atoms with Crippen molar-refractivity contribution in [2.75, 3.05) is 6.61 Å². The smallest absolute Gasteiger partial charge is 0.122 e. The molecule has 15 heavy (non-hydrogen) atoms. The minimum Gasteiger partial charge on any atom is -0.493 e. The number of benzene rings is 1. The Kier molecular flexibility index (Phi) is 4.16. The van der Waals surface area contributed by atoms with E-state index >= 15 is 0 Å². The Hall–Kier alpha value is -1.51. The van der Waals surface area contributed by atoms with Gasteiger partial charge in [0.15, 0.2) is 0 Å².